The van der Waals surface area contributed by atoms with Gasteiger partial charge in [0.15, 0.2) is 0 Å². The van der Waals surface area contributed by atoms with Crippen LogP contribution in [0.2, 0.25) is 0 Å². The van der Waals surface area contributed by atoms with Crippen LogP contribution in [-0.2, 0) is 10.0 Å². The molecule has 32 heavy (non-hydrogen) atoms. The highest BCUT2D eigenvalue weighted by Crippen LogP contribution is 2.78. The molecule has 1 aromatic rings. The van der Waals surface area contributed by atoms with Crippen molar-refractivity contribution in [2.75, 3.05) is 31.9 Å². The summed E-state index contributed by atoms with van der Waals surface area (Å²) >= 11 is 13.8. The Kier molecular flexibility index (Phi) is 7.11. The lowest BCUT2D eigenvalue weighted by Gasteiger charge is -2.42. The number of alkyl halides is 2. The van der Waals surface area contributed by atoms with Gasteiger partial charge in [-0.2, -0.15) is 0 Å². The topological polar surface area (TPSA) is 49.9 Å². The Hall–Kier alpha value is -0.530. The van der Waals surface area contributed by atoms with E-state index in [2.05, 4.69) is 17.0 Å². The molecule has 0 amide bonds. The number of hydrogen-bond donors (Lipinski definition) is 0. The first-order valence-corrected chi connectivity index (χ1v) is 14.3. The lowest BCUT2D eigenvalue weighted by molar-refractivity contribution is 0.0884. The molecule has 0 radical (unpaired) electrons. The van der Waals surface area contributed by atoms with E-state index in [0.29, 0.717) is 25.6 Å². The maximum atomic E-state index is 12.4. The van der Waals surface area contributed by atoms with E-state index in [1.807, 2.05) is 32.9 Å². The highest BCUT2D eigenvalue weighted by Gasteiger charge is 2.75. The van der Waals surface area contributed by atoms with Gasteiger partial charge in [0.05, 0.1) is 11.9 Å². The lowest BCUT2D eigenvalue weighted by Crippen LogP contribution is -2.50. The van der Waals surface area contributed by atoms with Crippen LogP contribution in [0.5, 0.6) is 5.75 Å². The van der Waals surface area contributed by atoms with E-state index in [1.54, 1.807) is 4.31 Å². The van der Waals surface area contributed by atoms with E-state index in [0.717, 1.165) is 44.5 Å². The molecule has 4 rings (SSSR count). The van der Waals surface area contributed by atoms with Gasteiger partial charge in [-0.3, -0.25) is 0 Å². The second-order valence-corrected chi connectivity index (χ2v) is 13.4. The average Bonchev–Trinajstić information content (AvgIpc) is 3.22. The molecule has 1 unspecified atom stereocenters. The Morgan fingerprint density at radius 2 is 1.66 bits per heavy atom. The van der Waals surface area contributed by atoms with E-state index in [-0.39, 0.29) is 23.2 Å². The van der Waals surface area contributed by atoms with E-state index in [9.17, 15) is 8.42 Å². The maximum absolute atomic E-state index is 12.4. The van der Waals surface area contributed by atoms with Crippen LogP contribution >= 0.6 is 23.2 Å². The number of piperidine rings is 2. The fraction of sp³-hybridized carbons (Fsp3) is 0.750. The minimum Gasteiger partial charge on any atom is -0.491 e. The second-order valence-electron chi connectivity index (χ2n) is 9.93. The van der Waals surface area contributed by atoms with Gasteiger partial charge < -0.3 is 9.64 Å². The van der Waals surface area contributed by atoms with Gasteiger partial charge in [0.2, 0.25) is 10.0 Å². The molecule has 0 N–H and O–H groups in total. The van der Waals surface area contributed by atoms with Gasteiger partial charge in [0.1, 0.15) is 10.1 Å². The highest BCUT2D eigenvalue weighted by molar-refractivity contribution is 7.89. The van der Waals surface area contributed by atoms with Crippen molar-refractivity contribution in [3.8, 4) is 5.75 Å². The normalized spacial score (nSPS) is 26.5. The van der Waals surface area contributed by atoms with Crippen molar-refractivity contribution in [2.24, 2.45) is 5.41 Å². The van der Waals surface area contributed by atoms with Gasteiger partial charge in [-0.1, -0.05) is 19.1 Å². The Morgan fingerprint density at radius 1 is 1.06 bits per heavy atom. The molecule has 1 aliphatic carbocycles. The number of benzene rings is 1. The van der Waals surface area contributed by atoms with Crippen molar-refractivity contribution in [3.63, 3.8) is 0 Å². The molecule has 2 heterocycles. The van der Waals surface area contributed by atoms with Crippen LogP contribution in [0.3, 0.4) is 0 Å². The van der Waals surface area contributed by atoms with Crippen LogP contribution in [0.25, 0.3) is 0 Å². The van der Waals surface area contributed by atoms with Crippen LogP contribution < -0.4 is 4.74 Å². The van der Waals surface area contributed by atoms with Gasteiger partial charge in [0.25, 0.3) is 0 Å². The zero-order valence-corrected chi connectivity index (χ0v) is 21.7. The molecule has 1 spiro atoms. The van der Waals surface area contributed by atoms with Crippen LogP contribution in [0.4, 0.5) is 0 Å². The molecular weight excluding hydrogens is 467 g/mol. The third kappa shape index (κ3) is 4.55. The average molecular weight is 504 g/mol. The molecule has 8 heteroatoms. The fourth-order valence-electron chi connectivity index (χ4n) is 5.83. The zero-order valence-electron chi connectivity index (χ0n) is 19.4. The highest BCUT2D eigenvalue weighted by atomic mass is 35.5. The third-order valence-electron chi connectivity index (χ3n) is 7.57. The maximum Gasteiger partial charge on any atom is 0.214 e. The minimum absolute atomic E-state index is 0.0712. The first-order chi connectivity index (χ1) is 15.1. The van der Waals surface area contributed by atoms with Gasteiger partial charge in [0, 0.05) is 30.5 Å². The van der Waals surface area contributed by atoms with E-state index >= 15 is 0 Å². The fourth-order valence-corrected chi connectivity index (χ4v) is 8.53. The van der Waals surface area contributed by atoms with E-state index in [4.69, 9.17) is 27.9 Å². The second kappa shape index (κ2) is 9.26. The van der Waals surface area contributed by atoms with Crippen molar-refractivity contribution in [2.45, 2.75) is 75.3 Å². The van der Waals surface area contributed by atoms with Crippen molar-refractivity contribution in [1.29, 1.82) is 0 Å². The molecule has 1 aromatic carbocycles. The molecule has 1 atom stereocenters. The third-order valence-corrected chi connectivity index (χ3v) is 10.8. The SMILES string of the molecule is CCCS(=O)(=O)N1CCC(N2CCC3(CC2)C(c2ccc(OC(C)C)cc2)C3(Cl)Cl)CC1. The standard InChI is InChI=1S/C24H36Cl2N2O3S/c1-4-17-32(29,30)28-13-9-20(10-14-28)27-15-11-23(12-16-27)22(24(23,25)26)19-5-7-21(8-6-19)31-18(2)3/h5-8,18,20,22H,4,9-17H2,1-3H3. The quantitative estimate of drug-likeness (QED) is 0.490. The summed E-state index contributed by atoms with van der Waals surface area (Å²) < 4.78 is 31.4. The van der Waals surface area contributed by atoms with Crippen LogP contribution in [-0.4, -0.2) is 66.0 Å². The smallest absolute Gasteiger partial charge is 0.214 e. The summed E-state index contributed by atoms with van der Waals surface area (Å²) in [5.74, 6) is 1.27. The molecule has 0 aromatic heterocycles. The van der Waals surface area contributed by atoms with Crippen molar-refractivity contribution in [1.82, 2.24) is 9.21 Å². The Morgan fingerprint density at radius 3 is 2.19 bits per heavy atom. The Balaban J connectivity index is 1.34. The summed E-state index contributed by atoms with van der Waals surface area (Å²) in [7, 11) is -3.09. The number of halogens is 2. The number of sulfonamides is 1. The summed E-state index contributed by atoms with van der Waals surface area (Å²) in [5, 5.41) is 0. The van der Waals surface area contributed by atoms with E-state index < -0.39 is 14.4 Å². The van der Waals surface area contributed by atoms with Gasteiger partial charge in [-0.15, -0.1) is 23.2 Å². The zero-order chi connectivity index (χ0) is 23.1. The number of likely N-dealkylation sites (tertiary alicyclic amines) is 1. The van der Waals surface area contributed by atoms with Gasteiger partial charge >= 0.3 is 0 Å². The van der Waals surface area contributed by atoms with Crippen molar-refractivity contribution >= 4 is 33.2 Å². The minimum atomic E-state index is -3.09. The number of nitrogens with zero attached hydrogens (tertiary/aromatic N) is 2. The predicted octanol–water partition coefficient (Wildman–Crippen LogP) is 5.03. The lowest BCUT2D eigenvalue weighted by atomic mass is 9.87. The van der Waals surface area contributed by atoms with Gasteiger partial charge in [-0.25, -0.2) is 12.7 Å². The van der Waals surface area contributed by atoms with Crippen LogP contribution in [0.15, 0.2) is 24.3 Å². The van der Waals surface area contributed by atoms with Crippen molar-refractivity contribution in [3.05, 3.63) is 29.8 Å². The monoisotopic (exact) mass is 502 g/mol. The number of rotatable bonds is 7. The molecule has 180 valence electrons. The van der Waals surface area contributed by atoms with E-state index in [1.165, 1.54) is 5.56 Å². The van der Waals surface area contributed by atoms with Gasteiger partial charge in [-0.05, 0) is 76.7 Å². The Labute approximate surface area is 203 Å². The molecule has 2 aliphatic heterocycles. The number of ether oxygens (including phenoxy) is 1. The molecule has 1 saturated carbocycles. The molecule has 0 bridgehead atoms. The molecule has 3 fully saturated rings. The van der Waals surface area contributed by atoms with Crippen molar-refractivity contribution < 1.29 is 13.2 Å². The molecular formula is C24H36Cl2N2O3S. The van der Waals surface area contributed by atoms with Crippen LogP contribution in [0, 0.1) is 5.41 Å². The molecule has 5 nitrogen and oxygen atoms in total. The first-order valence-electron chi connectivity index (χ1n) is 12.0. The largest absolute Gasteiger partial charge is 0.491 e. The Bertz CT molecular complexity index is 888. The summed E-state index contributed by atoms with van der Waals surface area (Å²) in [6.45, 7) is 9.17. The molecule has 3 aliphatic rings. The summed E-state index contributed by atoms with van der Waals surface area (Å²) in [5.41, 5.74) is 1.12. The molecule has 2 saturated heterocycles. The summed E-state index contributed by atoms with van der Waals surface area (Å²) in [6.07, 6.45) is 4.58. The summed E-state index contributed by atoms with van der Waals surface area (Å²) in [6, 6.07) is 8.69. The number of hydrogen-bond acceptors (Lipinski definition) is 4. The predicted molar refractivity (Wildman–Crippen MR) is 131 cm³/mol. The first kappa shape index (κ1) is 24.6. The van der Waals surface area contributed by atoms with Crippen LogP contribution in [0.1, 0.15) is 64.4 Å². The summed E-state index contributed by atoms with van der Waals surface area (Å²) in [4.78, 5) is 2.54.